The summed E-state index contributed by atoms with van der Waals surface area (Å²) in [4.78, 5) is 22.6. The predicted octanol–water partition coefficient (Wildman–Crippen LogP) is 2.82. The summed E-state index contributed by atoms with van der Waals surface area (Å²) in [5.74, 6) is -1.10. The number of aliphatic carboxylic acids is 1. The average molecular weight is 336 g/mol. The summed E-state index contributed by atoms with van der Waals surface area (Å²) in [6.07, 6.45) is 3.00. The van der Waals surface area contributed by atoms with Gasteiger partial charge in [-0.25, -0.2) is 4.68 Å². The maximum Gasteiger partial charge on any atom is 0.303 e. The molecule has 0 aliphatic carbocycles. The van der Waals surface area contributed by atoms with Crippen LogP contribution in [0.5, 0.6) is 0 Å². The normalized spacial score (nSPS) is 10.5. The Bertz CT molecular complexity index is 712. The number of amides is 1. The van der Waals surface area contributed by atoms with E-state index in [2.05, 4.69) is 10.4 Å². The van der Waals surface area contributed by atoms with Gasteiger partial charge in [0.15, 0.2) is 5.69 Å². The molecule has 2 aromatic rings. The number of halogens is 1. The van der Waals surface area contributed by atoms with Crippen molar-refractivity contribution in [3.8, 4) is 5.69 Å². The Kier molecular flexibility index (Phi) is 5.76. The monoisotopic (exact) mass is 335 g/mol. The van der Waals surface area contributed by atoms with Crippen LogP contribution < -0.4 is 5.32 Å². The van der Waals surface area contributed by atoms with E-state index in [0.29, 0.717) is 35.8 Å². The van der Waals surface area contributed by atoms with Crippen molar-refractivity contribution < 1.29 is 14.7 Å². The van der Waals surface area contributed by atoms with Gasteiger partial charge in [0.05, 0.1) is 10.7 Å². The van der Waals surface area contributed by atoms with Crippen LogP contribution in [0.3, 0.4) is 0 Å². The van der Waals surface area contributed by atoms with E-state index in [1.807, 2.05) is 18.2 Å². The lowest BCUT2D eigenvalue weighted by molar-refractivity contribution is -0.137. The average Bonchev–Trinajstić information content (AvgIpc) is 2.88. The second kappa shape index (κ2) is 7.78. The number of carboxylic acid groups (broad SMARTS) is 1. The van der Waals surface area contributed by atoms with Crippen LogP contribution in [0, 0.1) is 6.92 Å². The van der Waals surface area contributed by atoms with Gasteiger partial charge in [0, 0.05) is 24.7 Å². The van der Waals surface area contributed by atoms with Crippen LogP contribution in [0.4, 0.5) is 0 Å². The fraction of sp³-hybridized carbons (Fsp3) is 0.312. The third-order valence-electron chi connectivity index (χ3n) is 3.31. The Morgan fingerprint density at radius 2 is 2.04 bits per heavy atom. The molecule has 2 rings (SSSR count). The lowest BCUT2D eigenvalue weighted by Crippen LogP contribution is -2.25. The van der Waals surface area contributed by atoms with Crippen LogP contribution in [0.2, 0.25) is 5.02 Å². The van der Waals surface area contributed by atoms with Crippen LogP contribution in [0.15, 0.2) is 30.5 Å². The molecule has 1 amide bonds. The second-order valence-corrected chi connectivity index (χ2v) is 5.57. The van der Waals surface area contributed by atoms with Crippen LogP contribution in [0.1, 0.15) is 35.3 Å². The third kappa shape index (κ3) is 4.56. The number of carbonyl (C=O) groups excluding carboxylic acids is 1. The maximum absolute atomic E-state index is 12.2. The van der Waals surface area contributed by atoms with Crippen LogP contribution in [-0.4, -0.2) is 33.3 Å². The molecule has 0 fully saturated rings. The van der Waals surface area contributed by atoms with Crippen molar-refractivity contribution in [1.82, 2.24) is 15.1 Å². The molecule has 2 N–H and O–H groups in total. The van der Waals surface area contributed by atoms with E-state index in [9.17, 15) is 9.59 Å². The van der Waals surface area contributed by atoms with E-state index in [0.717, 1.165) is 5.56 Å². The Balaban J connectivity index is 1.99. The zero-order valence-corrected chi connectivity index (χ0v) is 13.5. The molecular weight excluding hydrogens is 318 g/mol. The minimum Gasteiger partial charge on any atom is -0.481 e. The highest BCUT2D eigenvalue weighted by Crippen LogP contribution is 2.20. The quantitative estimate of drug-likeness (QED) is 0.762. The van der Waals surface area contributed by atoms with Crippen LogP contribution >= 0.6 is 11.6 Å². The lowest BCUT2D eigenvalue weighted by Gasteiger charge is -2.04. The number of carbonyl (C=O) groups is 2. The Morgan fingerprint density at radius 1 is 1.30 bits per heavy atom. The molecule has 6 nitrogen and oxygen atoms in total. The summed E-state index contributed by atoms with van der Waals surface area (Å²) in [5.41, 5.74) is 1.79. The molecule has 7 heteroatoms. The van der Waals surface area contributed by atoms with Crippen molar-refractivity contribution in [2.75, 3.05) is 6.54 Å². The second-order valence-electron chi connectivity index (χ2n) is 5.16. The number of hydrogen-bond donors (Lipinski definition) is 2. The number of aromatic nitrogens is 2. The number of nitrogens with one attached hydrogen (secondary N) is 1. The summed E-state index contributed by atoms with van der Waals surface area (Å²) in [7, 11) is 0. The molecule has 0 radical (unpaired) electrons. The molecule has 1 aromatic heterocycles. The first-order chi connectivity index (χ1) is 11.0. The Labute approximate surface area is 139 Å². The largest absolute Gasteiger partial charge is 0.481 e. The zero-order valence-electron chi connectivity index (χ0n) is 12.8. The van der Waals surface area contributed by atoms with Crippen LogP contribution in [0.25, 0.3) is 5.69 Å². The van der Waals surface area contributed by atoms with Gasteiger partial charge >= 0.3 is 5.97 Å². The minimum atomic E-state index is -0.828. The van der Waals surface area contributed by atoms with E-state index in [-0.39, 0.29) is 12.3 Å². The van der Waals surface area contributed by atoms with E-state index in [1.165, 1.54) is 0 Å². The van der Waals surface area contributed by atoms with Gasteiger partial charge in [-0.3, -0.25) is 9.59 Å². The molecule has 0 bridgehead atoms. The van der Waals surface area contributed by atoms with Gasteiger partial charge in [0.2, 0.25) is 0 Å². The molecule has 0 unspecified atom stereocenters. The van der Waals surface area contributed by atoms with Crippen molar-refractivity contribution >= 4 is 23.5 Å². The van der Waals surface area contributed by atoms with E-state index in [1.54, 1.807) is 23.9 Å². The number of hydrogen-bond acceptors (Lipinski definition) is 3. The summed E-state index contributed by atoms with van der Waals surface area (Å²) >= 11 is 6.13. The summed E-state index contributed by atoms with van der Waals surface area (Å²) in [5, 5.41) is 16.2. The molecular formula is C16H18ClN3O3. The number of unbranched alkanes of at least 4 members (excludes halogenated alkanes) is 1. The molecule has 122 valence electrons. The van der Waals surface area contributed by atoms with Crippen molar-refractivity contribution in [1.29, 1.82) is 0 Å². The fourth-order valence-electron chi connectivity index (χ4n) is 2.13. The van der Waals surface area contributed by atoms with Crippen LogP contribution in [-0.2, 0) is 4.79 Å². The van der Waals surface area contributed by atoms with E-state index < -0.39 is 5.97 Å². The smallest absolute Gasteiger partial charge is 0.303 e. The molecule has 1 aromatic carbocycles. The van der Waals surface area contributed by atoms with E-state index >= 15 is 0 Å². The third-order valence-corrected chi connectivity index (χ3v) is 3.63. The highest BCUT2D eigenvalue weighted by atomic mass is 35.5. The number of aryl methyl sites for hydroxylation is 1. The molecule has 1 heterocycles. The number of para-hydroxylation sites is 1. The number of carboxylic acids is 1. The molecule has 0 aliphatic heterocycles. The number of benzene rings is 1. The fourth-order valence-corrected chi connectivity index (χ4v) is 2.35. The highest BCUT2D eigenvalue weighted by molar-refractivity contribution is 6.32. The van der Waals surface area contributed by atoms with Gasteiger partial charge in [-0.1, -0.05) is 23.7 Å². The first-order valence-electron chi connectivity index (χ1n) is 7.30. The molecule has 0 spiro atoms. The molecule has 0 saturated heterocycles. The summed E-state index contributed by atoms with van der Waals surface area (Å²) in [6, 6.07) is 7.26. The Hall–Kier alpha value is -2.34. The first-order valence-corrected chi connectivity index (χ1v) is 7.68. The molecule has 0 saturated carbocycles. The van der Waals surface area contributed by atoms with Crippen molar-refractivity contribution in [3.63, 3.8) is 0 Å². The maximum atomic E-state index is 12.2. The molecule has 0 atom stereocenters. The van der Waals surface area contributed by atoms with Gasteiger partial charge in [-0.2, -0.15) is 5.10 Å². The Morgan fingerprint density at radius 3 is 2.74 bits per heavy atom. The van der Waals surface area contributed by atoms with Gasteiger partial charge in [-0.15, -0.1) is 0 Å². The summed E-state index contributed by atoms with van der Waals surface area (Å²) < 4.78 is 1.58. The van der Waals surface area contributed by atoms with Crippen molar-refractivity contribution in [2.45, 2.75) is 26.2 Å². The zero-order chi connectivity index (χ0) is 16.8. The lowest BCUT2D eigenvalue weighted by atomic mass is 10.2. The summed E-state index contributed by atoms with van der Waals surface area (Å²) in [6.45, 7) is 2.23. The van der Waals surface area contributed by atoms with Gasteiger partial charge in [0.25, 0.3) is 5.91 Å². The van der Waals surface area contributed by atoms with Gasteiger partial charge in [0.1, 0.15) is 0 Å². The standard InChI is InChI=1S/C16H18ClN3O3/c1-11-10-20(13-7-3-2-6-12(13)17)19-15(11)16(23)18-9-5-4-8-14(21)22/h2-3,6-7,10H,4-5,8-9H2,1H3,(H,18,23)(H,21,22). The van der Waals surface area contributed by atoms with E-state index in [4.69, 9.17) is 16.7 Å². The highest BCUT2D eigenvalue weighted by Gasteiger charge is 2.15. The topological polar surface area (TPSA) is 84.2 Å². The number of rotatable bonds is 7. The SMILES string of the molecule is Cc1cn(-c2ccccc2Cl)nc1C(=O)NCCCCC(=O)O. The number of nitrogens with zero attached hydrogens (tertiary/aromatic N) is 2. The van der Waals surface area contributed by atoms with Crippen molar-refractivity contribution in [3.05, 3.63) is 46.7 Å². The van der Waals surface area contributed by atoms with Gasteiger partial charge < -0.3 is 10.4 Å². The van der Waals surface area contributed by atoms with Crippen molar-refractivity contribution in [2.24, 2.45) is 0 Å². The molecule has 0 aliphatic rings. The first kappa shape index (κ1) is 17.0. The molecule has 23 heavy (non-hydrogen) atoms. The predicted molar refractivity (Wildman–Crippen MR) is 87.1 cm³/mol. The minimum absolute atomic E-state index is 0.107. The van der Waals surface area contributed by atoms with Gasteiger partial charge in [-0.05, 0) is 31.9 Å².